The van der Waals surface area contributed by atoms with Crippen molar-refractivity contribution in [2.45, 2.75) is 65.2 Å². The summed E-state index contributed by atoms with van der Waals surface area (Å²) in [7, 11) is 0. The van der Waals surface area contributed by atoms with Crippen LogP contribution in [0.25, 0.3) is 0 Å². The molecule has 0 aromatic rings. The molecule has 5 aliphatic carbocycles. The summed E-state index contributed by atoms with van der Waals surface area (Å²) >= 11 is 0. The van der Waals surface area contributed by atoms with Gasteiger partial charge in [-0.15, -0.1) is 0 Å². The van der Waals surface area contributed by atoms with Gasteiger partial charge in [-0.1, -0.05) is 38.2 Å². The molecule has 5 fully saturated rings. The van der Waals surface area contributed by atoms with E-state index in [-0.39, 0.29) is 0 Å². The van der Waals surface area contributed by atoms with E-state index < -0.39 is 0 Å². The van der Waals surface area contributed by atoms with Crippen LogP contribution < -0.4 is 0 Å². The molecule has 5 aliphatic rings. The van der Waals surface area contributed by atoms with Gasteiger partial charge in [-0.3, -0.25) is 0 Å². The second kappa shape index (κ2) is 4.11. The minimum absolute atomic E-state index is 0.496. The topological polar surface area (TPSA) is 0 Å². The van der Waals surface area contributed by atoms with Gasteiger partial charge in [-0.25, -0.2) is 0 Å². The lowest BCUT2D eigenvalue weighted by atomic mass is 9.45. The van der Waals surface area contributed by atoms with Gasteiger partial charge in [0.2, 0.25) is 0 Å². The molecule has 0 N–H and O–H groups in total. The van der Waals surface area contributed by atoms with Crippen molar-refractivity contribution in [1.29, 1.82) is 0 Å². The zero-order valence-electron chi connectivity index (χ0n) is 14.5. The fourth-order valence-electron chi connectivity index (χ4n) is 7.99. The molecule has 0 nitrogen and oxygen atoms in total. The molecule has 8 unspecified atom stereocenters. The van der Waals surface area contributed by atoms with Crippen LogP contribution in [0.1, 0.15) is 65.2 Å². The first kappa shape index (κ1) is 13.9. The maximum atomic E-state index is 4.48. The average molecular weight is 296 g/mol. The van der Waals surface area contributed by atoms with E-state index in [1.165, 1.54) is 44.9 Å². The van der Waals surface area contributed by atoms with Crippen molar-refractivity contribution >= 4 is 0 Å². The van der Waals surface area contributed by atoms with Crippen molar-refractivity contribution in [3.63, 3.8) is 0 Å². The highest BCUT2D eigenvalue weighted by Gasteiger charge is 2.68. The summed E-state index contributed by atoms with van der Waals surface area (Å²) in [5, 5.41) is 0. The Kier molecular flexibility index (Phi) is 2.59. The van der Waals surface area contributed by atoms with Crippen LogP contribution in [-0.4, -0.2) is 0 Å². The Morgan fingerprint density at radius 2 is 1.73 bits per heavy atom. The molecule has 120 valence electrons. The zero-order chi connectivity index (χ0) is 15.3. The van der Waals surface area contributed by atoms with Crippen molar-refractivity contribution in [3.05, 3.63) is 24.3 Å². The van der Waals surface area contributed by atoms with Crippen LogP contribution in [0.2, 0.25) is 0 Å². The second-order valence-corrected chi connectivity index (χ2v) is 10.0. The fourth-order valence-corrected chi connectivity index (χ4v) is 7.99. The summed E-state index contributed by atoms with van der Waals surface area (Å²) in [6, 6.07) is 0. The Morgan fingerprint density at radius 1 is 0.909 bits per heavy atom. The zero-order valence-corrected chi connectivity index (χ0v) is 14.5. The summed E-state index contributed by atoms with van der Waals surface area (Å²) in [6.07, 6.45) is 11.3. The summed E-state index contributed by atoms with van der Waals surface area (Å²) in [4.78, 5) is 0. The van der Waals surface area contributed by atoms with Gasteiger partial charge in [0.15, 0.2) is 0 Å². The molecule has 22 heavy (non-hydrogen) atoms. The van der Waals surface area contributed by atoms with Crippen LogP contribution in [-0.2, 0) is 0 Å². The predicted octanol–water partition coefficient (Wildman–Crippen LogP) is 6.00. The third-order valence-corrected chi connectivity index (χ3v) is 9.41. The Hall–Kier alpha value is -0.520. The lowest BCUT2D eigenvalue weighted by Gasteiger charge is -2.60. The number of allylic oxidation sites excluding steroid dienone is 2. The van der Waals surface area contributed by atoms with E-state index in [0.717, 1.165) is 35.5 Å². The van der Waals surface area contributed by atoms with Gasteiger partial charge >= 0.3 is 0 Å². The first-order valence-electron chi connectivity index (χ1n) is 9.80. The monoisotopic (exact) mass is 296 g/mol. The molecule has 5 saturated carbocycles. The molecule has 0 amide bonds. The number of rotatable bonds is 0. The lowest BCUT2D eigenvalue weighted by Crippen LogP contribution is -2.53. The van der Waals surface area contributed by atoms with Gasteiger partial charge in [-0.05, 0) is 97.7 Å². The molecule has 0 heteroatoms. The SMILES string of the molecule is C=C1CCC2(C)C(C1)C1CC1C1C3CCC(=C)C3(C)CCC12. The first-order chi connectivity index (χ1) is 10.4. The highest BCUT2D eigenvalue weighted by Crippen LogP contribution is 2.75. The molecule has 0 aliphatic heterocycles. The Balaban J connectivity index is 1.54. The summed E-state index contributed by atoms with van der Waals surface area (Å²) in [5.74, 6) is 6.13. The highest BCUT2D eigenvalue weighted by molar-refractivity contribution is 5.25. The quantitative estimate of drug-likeness (QED) is 0.481. The molecule has 0 radical (unpaired) electrons. The predicted molar refractivity (Wildman–Crippen MR) is 92.4 cm³/mol. The van der Waals surface area contributed by atoms with Gasteiger partial charge in [-0.2, -0.15) is 0 Å². The molecule has 0 spiro atoms. The summed E-state index contributed by atoms with van der Waals surface area (Å²) in [5.41, 5.74) is 4.28. The second-order valence-electron chi connectivity index (χ2n) is 10.0. The number of fused-ring (bicyclic) bond motifs is 8. The summed E-state index contributed by atoms with van der Waals surface area (Å²) in [6.45, 7) is 14.1. The van der Waals surface area contributed by atoms with Crippen LogP contribution in [0.4, 0.5) is 0 Å². The van der Waals surface area contributed by atoms with Crippen molar-refractivity contribution < 1.29 is 0 Å². The van der Waals surface area contributed by atoms with Gasteiger partial charge in [0, 0.05) is 0 Å². The molecular weight excluding hydrogens is 264 g/mol. The molecular formula is C22H32. The largest absolute Gasteiger partial charge is 0.0999 e. The first-order valence-corrected chi connectivity index (χ1v) is 9.80. The number of hydrogen-bond donors (Lipinski definition) is 0. The van der Waals surface area contributed by atoms with E-state index in [2.05, 4.69) is 27.0 Å². The van der Waals surface area contributed by atoms with Crippen molar-refractivity contribution in [3.8, 4) is 0 Å². The van der Waals surface area contributed by atoms with E-state index in [9.17, 15) is 0 Å². The van der Waals surface area contributed by atoms with Gasteiger partial charge in [0.1, 0.15) is 0 Å². The Bertz CT molecular complexity index is 556. The van der Waals surface area contributed by atoms with Gasteiger partial charge in [0.05, 0.1) is 0 Å². The van der Waals surface area contributed by atoms with Crippen LogP contribution in [0.3, 0.4) is 0 Å². The molecule has 0 aromatic heterocycles. The van der Waals surface area contributed by atoms with Gasteiger partial charge < -0.3 is 0 Å². The van der Waals surface area contributed by atoms with Crippen LogP contribution >= 0.6 is 0 Å². The third kappa shape index (κ3) is 1.51. The van der Waals surface area contributed by atoms with E-state index in [1.54, 1.807) is 17.6 Å². The summed E-state index contributed by atoms with van der Waals surface area (Å²) < 4.78 is 0. The molecule has 5 rings (SSSR count). The fraction of sp³-hybridized carbons (Fsp3) is 0.818. The molecule has 8 atom stereocenters. The minimum atomic E-state index is 0.496. The Labute approximate surface area is 136 Å². The smallest absolute Gasteiger partial charge is 0.00878 e. The standard InChI is InChI=1S/C22H32/c1-13-7-9-22(4)18-8-10-21(3)14(2)5-6-17(21)20(18)16-12-15(16)19(22)11-13/h15-20H,1-2,5-12H2,3-4H3. The minimum Gasteiger partial charge on any atom is -0.0999 e. The molecule has 0 saturated heterocycles. The van der Waals surface area contributed by atoms with Gasteiger partial charge in [0.25, 0.3) is 0 Å². The Morgan fingerprint density at radius 3 is 2.55 bits per heavy atom. The molecule has 0 bridgehead atoms. The van der Waals surface area contributed by atoms with Crippen LogP contribution in [0.15, 0.2) is 24.3 Å². The maximum absolute atomic E-state index is 4.48. The highest BCUT2D eigenvalue weighted by atomic mass is 14.7. The normalized spacial score (nSPS) is 59.4. The maximum Gasteiger partial charge on any atom is -0.00878 e. The molecule has 0 aromatic carbocycles. The molecule has 0 heterocycles. The van der Waals surface area contributed by atoms with E-state index in [1.807, 2.05) is 0 Å². The third-order valence-electron chi connectivity index (χ3n) is 9.41. The average Bonchev–Trinajstić information content (AvgIpc) is 3.22. The van der Waals surface area contributed by atoms with Crippen LogP contribution in [0, 0.1) is 46.3 Å². The van der Waals surface area contributed by atoms with E-state index in [4.69, 9.17) is 0 Å². The lowest BCUT2D eigenvalue weighted by molar-refractivity contribution is -0.0966. The van der Waals surface area contributed by atoms with Crippen molar-refractivity contribution in [2.75, 3.05) is 0 Å². The number of hydrogen-bond acceptors (Lipinski definition) is 0. The van der Waals surface area contributed by atoms with Crippen molar-refractivity contribution in [2.24, 2.45) is 46.3 Å². The van der Waals surface area contributed by atoms with Crippen molar-refractivity contribution in [1.82, 2.24) is 0 Å². The van der Waals surface area contributed by atoms with E-state index >= 15 is 0 Å². The van der Waals surface area contributed by atoms with E-state index in [0.29, 0.717) is 10.8 Å². The van der Waals surface area contributed by atoms with Crippen LogP contribution in [0.5, 0.6) is 0 Å².